The summed E-state index contributed by atoms with van der Waals surface area (Å²) in [5, 5.41) is 6.52. The van der Waals surface area contributed by atoms with E-state index in [9.17, 15) is 19.2 Å². The van der Waals surface area contributed by atoms with Gasteiger partial charge in [-0.1, -0.05) is 6.92 Å². The van der Waals surface area contributed by atoms with E-state index in [1.807, 2.05) is 0 Å². The fourth-order valence-corrected chi connectivity index (χ4v) is 3.93. The highest BCUT2D eigenvalue weighted by molar-refractivity contribution is 5.83. The minimum Gasteiger partial charge on any atom is -0.466 e. The van der Waals surface area contributed by atoms with Crippen LogP contribution in [0.25, 0.3) is 0 Å². The van der Waals surface area contributed by atoms with Gasteiger partial charge < -0.3 is 29.6 Å². The molecule has 0 amide bonds. The second-order valence-corrected chi connectivity index (χ2v) is 8.05. The van der Waals surface area contributed by atoms with Crippen LogP contribution < -0.4 is 10.6 Å². The molecule has 1 saturated carbocycles. The van der Waals surface area contributed by atoms with Crippen LogP contribution in [0.2, 0.25) is 0 Å². The van der Waals surface area contributed by atoms with Gasteiger partial charge >= 0.3 is 23.9 Å². The van der Waals surface area contributed by atoms with E-state index in [-0.39, 0.29) is 57.3 Å². The van der Waals surface area contributed by atoms with E-state index in [0.717, 1.165) is 12.8 Å². The molecule has 2 N–H and O–H groups in total. The van der Waals surface area contributed by atoms with Gasteiger partial charge in [0.25, 0.3) is 0 Å². The van der Waals surface area contributed by atoms with Gasteiger partial charge in [-0.15, -0.1) is 0 Å². The maximum absolute atomic E-state index is 12.4. The van der Waals surface area contributed by atoms with Gasteiger partial charge in [0.05, 0.1) is 39.3 Å². The van der Waals surface area contributed by atoms with Gasteiger partial charge in [0.15, 0.2) is 0 Å². The van der Waals surface area contributed by atoms with E-state index < -0.39 is 36.0 Å². The van der Waals surface area contributed by atoms with Gasteiger partial charge in [0, 0.05) is 12.1 Å². The van der Waals surface area contributed by atoms with Crippen LogP contribution in [-0.4, -0.2) is 74.5 Å². The van der Waals surface area contributed by atoms with Gasteiger partial charge in [-0.3, -0.25) is 19.2 Å². The molecule has 5 unspecified atom stereocenters. The first-order valence-electron chi connectivity index (χ1n) is 11.9. The van der Waals surface area contributed by atoms with E-state index in [1.165, 1.54) is 0 Å². The molecule has 1 fully saturated rings. The number of carbonyl (C=O) groups excluding carboxylic acids is 4. The molecule has 33 heavy (non-hydrogen) atoms. The summed E-state index contributed by atoms with van der Waals surface area (Å²) in [6.45, 7) is 9.79. The topological polar surface area (TPSA) is 129 Å². The van der Waals surface area contributed by atoms with Crippen LogP contribution in [0.3, 0.4) is 0 Å². The normalized spacial score (nSPS) is 22.0. The van der Waals surface area contributed by atoms with Crippen molar-refractivity contribution in [3.63, 3.8) is 0 Å². The van der Waals surface area contributed by atoms with E-state index in [2.05, 4.69) is 17.6 Å². The molecule has 0 bridgehead atoms. The Kier molecular flexibility index (Phi) is 13.6. The summed E-state index contributed by atoms with van der Waals surface area (Å²) in [5.74, 6) is -1.72. The summed E-state index contributed by atoms with van der Waals surface area (Å²) in [6.07, 6.45) is 1.98. The van der Waals surface area contributed by atoms with E-state index in [4.69, 9.17) is 18.9 Å². The second-order valence-electron chi connectivity index (χ2n) is 8.05. The smallest absolute Gasteiger partial charge is 0.323 e. The molecule has 1 rings (SSSR count). The van der Waals surface area contributed by atoms with Crippen LogP contribution in [0.1, 0.15) is 66.7 Å². The second kappa shape index (κ2) is 15.6. The molecule has 0 aromatic heterocycles. The van der Waals surface area contributed by atoms with Crippen LogP contribution in [-0.2, 0) is 38.1 Å². The van der Waals surface area contributed by atoms with Gasteiger partial charge in [-0.05, 0) is 52.9 Å². The van der Waals surface area contributed by atoms with Crippen molar-refractivity contribution in [2.75, 3.05) is 26.4 Å². The zero-order chi connectivity index (χ0) is 24.8. The molecule has 10 heteroatoms. The lowest BCUT2D eigenvalue weighted by atomic mass is 9.82. The van der Waals surface area contributed by atoms with Crippen LogP contribution in [0, 0.1) is 5.92 Å². The third-order valence-corrected chi connectivity index (χ3v) is 5.54. The highest BCUT2D eigenvalue weighted by Crippen LogP contribution is 2.26. The van der Waals surface area contributed by atoms with Gasteiger partial charge in [0.2, 0.25) is 0 Å². The molecular weight excluding hydrogens is 432 g/mol. The van der Waals surface area contributed by atoms with E-state index in [1.54, 1.807) is 27.7 Å². The average Bonchev–Trinajstić information content (AvgIpc) is 2.75. The fourth-order valence-electron chi connectivity index (χ4n) is 3.93. The predicted octanol–water partition coefficient (Wildman–Crippen LogP) is 1.49. The van der Waals surface area contributed by atoms with Crippen molar-refractivity contribution in [3.05, 3.63) is 0 Å². The molecule has 0 aromatic carbocycles. The number of ether oxygens (including phenoxy) is 4. The summed E-state index contributed by atoms with van der Waals surface area (Å²) < 4.78 is 20.3. The third kappa shape index (κ3) is 10.5. The number of carbonyl (C=O) groups is 4. The Balaban J connectivity index is 2.87. The largest absolute Gasteiger partial charge is 0.466 e. The Morgan fingerprint density at radius 2 is 1.18 bits per heavy atom. The van der Waals surface area contributed by atoms with Crippen molar-refractivity contribution in [2.24, 2.45) is 5.92 Å². The molecule has 10 nitrogen and oxygen atoms in total. The van der Waals surface area contributed by atoms with Crippen LogP contribution in [0.5, 0.6) is 0 Å². The summed E-state index contributed by atoms with van der Waals surface area (Å²) >= 11 is 0. The van der Waals surface area contributed by atoms with Crippen molar-refractivity contribution >= 4 is 23.9 Å². The molecule has 0 heterocycles. The van der Waals surface area contributed by atoms with Crippen LogP contribution in [0.15, 0.2) is 0 Å². The van der Waals surface area contributed by atoms with Crippen LogP contribution in [0.4, 0.5) is 0 Å². The summed E-state index contributed by atoms with van der Waals surface area (Å²) in [5.41, 5.74) is 0. The van der Waals surface area contributed by atoms with Crippen molar-refractivity contribution in [1.29, 1.82) is 0 Å². The van der Waals surface area contributed by atoms with Gasteiger partial charge in [-0.25, -0.2) is 0 Å². The zero-order valence-electron chi connectivity index (χ0n) is 20.5. The number of hydrogen-bond donors (Lipinski definition) is 2. The van der Waals surface area contributed by atoms with Crippen molar-refractivity contribution < 1.29 is 38.1 Å². The minimum atomic E-state index is -0.824. The molecule has 0 aliphatic heterocycles. The maximum atomic E-state index is 12.4. The van der Waals surface area contributed by atoms with Gasteiger partial charge in [-0.2, -0.15) is 0 Å². The molecule has 1 aliphatic carbocycles. The summed E-state index contributed by atoms with van der Waals surface area (Å²) in [6, 6.07) is -1.84. The zero-order valence-corrected chi connectivity index (χ0v) is 20.5. The SMILES string of the molecule is CCOC(=O)CC(NC1CCC(C)C(NC(CC(=O)OCC)C(=O)OCC)C1)C(=O)OCC. The van der Waals surface area contributed by atoms with Gasteiger partial charge in [0.1, 0.15) is 12.1 Å². The molecular formula is C23H40N2O8. The summed E-state index contributed by atoms with van der Waals surface area (Å²) in [4.78, 5) is 48.8. The monoisotopic (exact) mass is 472 g/mol. The molecule has 0 aromatic rings. The minimum absolute atomic E-state index is 0.0898. The van der Waals surface area contributed by atoms with E-state index >= 15 is 0 Å². The first kappa shape index (κ1) is 28.8. The lowest BCUT2D eigenvalue weighted by Crippen LogP contribution is -2.54. The highest BCUT2D eigenvalue weighted by Gasteiger charge is 2.35. The lowest BCUT2D eigenvalue weighted by molar-refractivity contribution is -0.153. The van der Waals surface area contributed by atoms with Crippen molar-refractivity contribution in [2.45, 2.75) is 90.9 Å². The number of nitrogens with one attached hydrogen (secondary N) is 2. The first-order chi connectivity index (χ1) is 15.7. The number of esters is 4. The Labute approximate surface area is 196 Å². The molecule has 0 radical (unpaired) electrons. The average molecular weight is 473 g/mol. The van der Waals surface area contributed by atoms with Crippen molar-refractivity contribution in [1.82, 2.24) is 10.6 Å². The Bertz CT molecular complexity index is 642. The quantitative estimate of drug-likeness (QED) is 0.283. The lowest BCUT2D eigenvalue weighted by Gasteiger charge is -2.38. The first-order valence-corrected chi connectivity index (χ1v) is 11.9. The Morgan fingerprint density at radius 1 is 0.727 bits per heavy atom. The number of hydrogen-bond acceptors (Lipinski definition) is 10. The van der Waals surface area contributed by atoms with Crippen LogP contribution >= 0.6 is 0 Å². The van der Waals surface area contributed by atoms with E-state index in [0.29, 0.717) is 6.42 Å². The fraction of sp³-hybridized carbons (Fsp3) is 0.826. The highest BCUT2D eigenvalue weighted by atomic mass is 16.5. The van der Waals surface area contributed by atoms with Crippen molar-refractivity contribution in [3.8, 4) is 0 Å². The molecule has 190 valence electrons. The predicted molar refractivity (Wildman–Crippen MR) is 120 cm³/mol. The molecule has 1 aliphatic rings. The third-order valence-electron chi connectivity index (χ3n) is 5.54. The standard InChI is InChI=1S/C23H40N2O8/c1-6-30-20(26)13-18(22(28)32-8-3)24-16-11-10-15(5)17(12-16)25-19(23(29)33-9-4)14-21(27)31-7-2/h15-19,24-25H,6-14H2,1-5H3. The summed E-state index contributed by atoms with van der Waals surface area (Å²) in [7, 11) is 0. The molecule has 0 spiro atoms. The Hall–Kier alpha value is -2.20. The molecule has 0 saturated heterocycles. The maximum Gasteiger partial charge on any atom is 0.323 e. The molecule has 5 atom stereocenters. The number of rotatable bonds is 14. The Morgan fingerprint density at radius 3 is 1.64 bits per heavy atom.